The molecular formula is C57H41N3. The topological polar surface area (TPSA) is 13.1 Å². The molecule has 0 radical (unpaired) electrons. The van der Waals surface area contributed by atoms with Gasteiger partial charge >= 0.3 is 0 Å². The Hall–Kier alpha value is -7.62. The summed E-state index contributed by atoms with van der Waals surface area (Å²) in [5.74, 6) is 0. The minimum absolute atomic E-state index is 0.0949. The molecule has 1 aliphatic carbocycles. The summed E-state index contributed by atoms with van der Waals surface area (Å²) in [6, 6.07) is 75.6. The number of hydrogen-bond donors (Lipinski definition) is 0. The van der Waals surface area contributed by atoms with E-state index in [1.165, 1.54) is 88.2 Å². The molecule has 0 spiro atoms. The minimum Gasteiger partial charge on any atom is -0.316 e. The van der Waals surface area contributed by atoms with Crippen LogP contribution >= 0.6 is 0 Å². The number of fused-ring (bicyclic) bond motifs is 9. The number of hydrogen-bond acceptors (Lipinski definition) is 1. The molecular weight excluding hydrogens is 727 g/mol. The number of nitrogens with zero attached hydrogens (tertiary/aromatic N) is 3. The minimum atomic E-state index is -0.0949. The van der Waals surface area contributed by atoms with Gasteiger partial charge in [-0.05, 0) is 112 Å². The van der Waals surface area contributed by atoms with Crippen LogP contribution in [0.4, 0.5) is 17.1 Å². The summed E-state index contributed by atoms with van der Waals surface area (Å²) in [5.41, 5.74) is 17.1. The first-order valence-corrected chi connectivity index (χ1v) is 20.8. The number of benzene rings is 9. The molecule has 0 saturated heterocycles. The molecule has 0 amide bonds. The van der Waals surface area contributed by atoms with Gasteiger partial charge in [0, 0.05) is 55.9 Å². The average molecular weight is 768 g/mol. The van der Waals surface area contributed by atoms with Crippen LogP contribution in [0.1, 0.15) is 25.0 Å². The molecule has 0 saturated carbocycles. The zero-order valence-electron chi connectivity index (χ0n) is 33.5. The monoisotopic (exact) mass is 767 g/mol. The van der Waals surface area contributed by atoms with Gasteiger partial charge in [-0.15, -0.1) is 0 Å². The maximum absolute atomic E-state index is 2.43. The molecule has 9 aromatic carbocycles. The Morgan fingerprint density at radius 1 is 0.433 bits per heavy atom. The second-order valence-corrected chi connectivity index (χ2v) is 16.6. The van der Waals surface area contributed by atoms with Crippen molar-refractivity contribution < 1.29 is 0 Å². The van der Waals surface area contributed by atoms with E-state index >= 15 is 0 Å². The van der Waals surface area contributed by atoms with E-state index in [9.17, 15) is 0 Å². The van der Waals surface area contributed by atoms with E-state index < -0.39 is 0 Å². The highest BCUT2D eigenvalue weighted by atomic mass is 15.1. The molecule has 1 aliphatic rings. The van der Waals surface area contributed by atoms with E-state index in [0.717, 1.165) is 17.1 Å². The first-order chi connectivity index (χ1) is 29.5. The molecule has 12 rings (SSSR count). The summed E-state index contributed by atoms with van der Waals surface area (Å²) in [6.45, 7) is 4.71. The molecule has 284 valence electrons. The molecule has 3 heteroatoms. The molecule has 0 fully saturated rings. The number of aromatic nitrogens is 2. The standard InChI is InChI=1S/C57H41N3/c1-57(2)50-20-10-8-18-47(50)48-33-32-45(37-51(48)57)59(52-22-12-14-40-13-6-7-17-46(40)52)44-30-25-39(26-31-44)38-23-28-42(29-24-38)58-36-35-41-27-34-54-55(56(41)58)49-19-9-11-21-53(49)60(54)43-15-4-3-5-16-43/h3-37H,1-2H3. The summed E-state index contributed by atoms with van der Waals surface area (Å²) in [6.07, 6.45) is 2.21. The van der Waals surface area contributed by atoms with Gasteiger partial charge in [0.05, 0.1) is 22.2 Å². The van der Waals surface area contributed by atoms with Crippen molar-refractivity contribution in [2.24, 2.45) is 0 Å². The number of anilines is 3. The predicted molar refractivity (Wildman–Crippen MR) is 253 cm³/mol. The zero-order valence-corrected chi connectivity index (χ0v) is 33.5. The van der Waals surface area contributed by atoms with Gasteiger partial charge in [-0.1, -0.05) is 147 Å². The van der Waals surface area contributed by atoms with Crippen LogP contribution in [0.15, 0.2) is 212 Å². The van der Waals surface area contributed by atoms with Crippen LogP contribution < -0.4 is 4.90 Å². The Bertz CT molecular complexity index is 3430. The van der Waals surface area contributed by atoms with E-state index in [1.54, 1.807) is 0 Å². The summed E-state index contributed by atoms with van der Waals surface area (Å²) >= 11 is 0. The van der Waals surface area contributed by atoms with Gasteiger partial charge in [-0.3, -0.25) is 0 Å². The lowest BCUT2D eigenvalue weighted by Crippen LogP contribution is -2.16. The highest BCUT2D eigenvalue weighted by molar-refractivity contribution is 6.20. The molecule has 60 heavy (non-hydrogen) atoms. The third-order valence-corrected chi connectivity index (χ3v) is 12.9. The van der Waals surface area contributed by atoms with Gasteiger partial charge in [0.25, 0.3) is 0 Å². The first-order valence-electron chi connectivity index (χ1n) is 20.8. The second-order valence-electron chi connectivity index (χ2n) is 16.6. The van der Waals surface area contributed by atoms with E-state index in [-0.39, 0.29) is 5.41 Å². The predicted octanol–water partition coefficient (Wildman–Crippen LogP) is 15.3. The highest BCUT2D eigenvalue weighted by Gasteiger charge is 2.35. The first kappa shape index (κ1) is 34.4. The lowest BCUT2D eigenvalue weighted by Gasteiger charge is -2.29. The molecule has 0 atom stereocenters. The average Bonchev–Trinajstić information content (AvgIpc) is 3.95. The summed E-state index contributed by atoms with van der Waals surface area (Å²) in [5, 5.41) is 6.20. The molecule has 2 heterocycles. The third-order valence-electron chi connectivity index (χ3n) is 12.9. The summed E-state index contributed by atoms with van der Waals surface area (Å²) < 4.78 is 4.74. The Morgan fingerprint density at radius 2 is 1.10 bits per heavy atom. The number of para-hydroxylation sites is 2. The molecule has 0 N–H and O–H groups in total. The van der Waals surface area contributed by atoms with E-state index in [1.807, 2.05) is 0 Å². The highest BCUT2D eigenvalue weighted by Crippen LogP contribution is 2.51. The maximum Gasteiger partial charge on any atom is 0.0628 e. The van der Waals surface area contributed by atoms with Crippen LogP contribution in [0.25, 0.3) is 77.1 Å². The third kappa shape index (κ3) is 5.15. The van der Waals surface area contributed by atoms with Crippen molar-refractivity contribution in [1.82, 2.24) is 9.13 Å². The smallest absolute Gasteiger partial charge is 0.0628 e. The quantitative estimate of drug-likeness (QED) is 0.164. The Morgan fingerprint density at radius 3 is 1.93 bits per heavy atom. The molecule has 3 nitrogen and oxygen atoms in total. The zero-order chi connectivity index (χ0) is 40.0. The van der Waals surface area contributed by atoms with Gasteiger partial charge < -0.3 is 14.0 Å². The molecule has 0 aliphatic heterocycles. The largest absolute Gasteiger partial charge is 0.316 e. The fourth-order valence-electron chi connectivity index (χ4n) is 10.0. The molecule has 11 aromatic rings. The second kappa shape index (κ2) is 13.2. The van der Waals surface area contributed by atoms with E-state index in [4.69, 9.17) is 0 Å². The molecule has 0 bridgehead atoms. The Kier molecular flexibility index (Phi) is 7.58. The fourth-order valence-corrected chi connectivity index (χ4v) is 10.0. The van der Waals surface area contributed by atoms with Gasteiger partial charge in [-0.2, -0.15) is 0 Å². The van der Waals surface area contributed by atoms with E-state index in [2.05, 4.69) is 240 Å². The van der Waals surface area contributed by atoms with Crippen LogP contribution in [0.3, 0.4) is 0 Å². The van der Waals surface area contributed by atoms with Gasteiger partial charge in [0.2, 0.25) is 0 Å². The van der Waals surface area contributed by atoms with Crippen molar-refractivity contribution in [2.75, 3.05) is 4.90 Å². The van der Waals surface area contributed by atoms with Crippen LogP contribution in [0.2, 0.25) is 0 Å². The molecule has 0 unspecified atom stereocenters. The van der Waals surface area contributed by atoms with Crippen molar-refractivity contribution in [1.29, 1.82) is 0 Å². The lowest BCUT2D eigenvalue weighted by molar-refractivity contribution is 0.660. The summed E-state index contributed by atoms with van der Waals surface area (Å²) in [4.78, 5) is 2.43. The van der Waals surface area contributed by atoms with Gasteiger partial charge in [0.1, 0.15) is 0 Å². The SMILES string of the molecule is CC1(C)c2ccccc2-c2ccc(N(c3ccc(-c4ccc(-n5ccc6ccc7c(c8ccccc8n7-c7ccccc7)c65)cc4)cc3)c3cccc4ccccc34)cc21. The molecule has 2 aromatic heterocycles. The van der Waals surface area contributed by atoms with Crippen molar-refractivity contribution in [3.63, 3.8) is 0 Å². The number of rotatable bonds is 6. The van der Waals surface area contributed by atoms with Crippen LogP contribution in [0.5, 0.6) is 0 Å². The Labute approximate surface area is 349 Å². The van der Waals surface area contributed by atoms with Crippen LogP contribution in [-0.4, -0.2) is 9.13 Å². The van der Waals surface area contributed by atoms with Crippen molar-refractivity contribution in [2.45, 2.75) is 19.3 Å². The summed E-state index contributed by atoms with van der Waals surface area (Å²) in [7, 11) is 0. The van der Waals surface area contributed by atoms with Crippen molar-refractivity contribution >= 4 is 60.5 Å². The van der Waals surface area contributed by atoms with Crippen LogP contribution in [0, 0.1) is 0 Å². The lowest BCUT2D eigenvalue weighted by atomic mass is 9.82. The maximum atomic E-state index is 2.43. The normalized spacial score (nSPS) is 13.0. The van der Waals surface area contributed by atoms with Crippen molar-refractivity contribution in [3.8, 4) is 33.6 Å². The van der Waals surface area contributed by atoms with Crippen molar-refractivity contribution in [3.05, 3.63) is 224 Å². The Balaban J connectivity index is 0.933. The fraction of sp³-hybridized carbons (Fsp3) is 0.0526. The van der Waals surface area contributed by atoms with E-state index in [0.29, 0.717) is 0 Å². The van der Waals surface area contributed by atoms with Gasteiger partial charge in [-0.25, -0.2) is 0 Å². The van der Waals surface area contributed by atoms with Crippen LogP contribution in [-0.2, 0) is 5.41 Å². The van der Waals surface area contributed by atoms with Gasteiger partial charge in [0.15, 0.2) is 0 Å².